The molecule has 20 heavy (non-hydrogen) atoms. The molecule has 0 radical (unpaired) electrons. The van der Waals surface area contributed by atoms with Crippen LogP contribution in [0.25, 0.3) is 0 Å². The molecule has 3 rings (SSSR count). The molecule has 1 aromatic rings. The Hall–Kier alpha value is -1.95. The topological polar surface area (TPSA) is 82.8 Å². The monoisotopic (exact) mass is 278 g/mol. The highest BCUT2D eigenvalue weighted by Crippen LogP contribution is 2.36. The van der Waals surface area contributed by atoms with Crippen molar-refractivity contribution in [1.82, 2.24) is 5.32 Å². The van der Waals surface area contributed by atoms with Crippen molar-refractivity contribution in [3.8, 4) is 11.5 Å². The van der Waals surface area contributed by atoms with Crippen LogP contribution >= 0.6 is 0 Å². The summed E-state index contributed by atoms with van der Waals surface area (Å²) >= 11 is 0. The highest BCUT2D eigenvalue weighted by molar-refractivity contribution is 6.00. The van der Waals surface area contributed by atoms with Crippen LogP contribution in [0.3, 0.4) is 0 Å². The van der Waals surface area contributed by atoms with Gasteiger partial charge in [0.2, 0.25) is 6.79 Å². The molecule has 0 aliphatic carbocycles. The number of fused-ring (bicyclic) bond motifs is 1. The van der Waals surface area contributed by atoms with Gasteiger partial charge in [0.25, 0.3) is 5.91 Å². The number of hydrogen-bond acceptors (Lipinski definition) is 5. The number of hydrogen-bond donors (Lipinski definition) is 2. The molecule has 1 aromatic carbocycles. The van der Waals surface area contributed by atoms with Crippen LogP contribution in [0.2, 0.25) is 0 Å². The number of carbonyl (C=O) groups is 1. The van der Waals surface area contributed by atoms with Gasteiger partial charge in [-0.3, -0.25) is 4.79 Å². The Morgan fingerprint density at radius 3 is 2.85 bits per heavy atom. The standard InChI is InChI=1S/C14H18N2O4/c1-8(9-2-3-18-6-9)16-14(17)10-4-12-13(5-11(10)15)20-7-19-12/h4-5,8-9H,2-3,6-7,15H2,1H3,(H,16,17). The molecule has 3 N–H and O–H groups in total. The van der Waals surface area contributed by atoms with Gasteiger partial charge < -0.3 is 25.3 Å². The highest BCUT2D eigenvalue weighted by atomic mass is 16.7. The van der Waals surface area contributed by atoms with Crippen LogP contribution in [0.4, 0.5) is 5.69 Å². The van der Waals surface area contributed by atoms with Crippen molar-refractivity contribution in [2.75, 3.05) is 25.7 Å². The van der Waals surface area contributed by atoms with Gasteiger partial charge in [-0.25, -0.2) is 0 Å². The van der Waals surface area contributed by atoms with Crippen LogP contribution in [-0.2, 0) is 4.74 Å². The lowest BCUT2D eigenvalue weighted by Crippen LogP contribution is -2.38. The van der Waals surface area contributed by atoms with Crippen molar-refractivity contribution in [3.63, 3.8) is 0 Å². The van der Waals surface area contributed by atoms with Gasteiger partial charge in [0.15, 0.2) is 11.5 Å². The number of carbonyl (C=O) groups excluding carboxylic acids is 1. The lowest BCUT2D eigenvalue weighted by molar-refractivity contribution is 0.0922. The fourth-order valence-corrected chi connectivity index (χ4v) is 2.50. The van der Waals surface area contributed by atoms with E-state index in [-0.39, 0.29) is 18.7 Å². The summed E-state index contributed by atoms with van der Waals surface area (Å²) in [5, 5.41) is 2.97. The van der Waals surface area contributed by atoms with E-state index in [1.807, 2.05) is 6.92 Å². The Morgan fingerprint density at radius 1 is 1.40 bits per heavy atom. The molecule has 2 unspecified atom stereocenters. The summed E-state index contributed by atoms with van der Waals surface area (Å²) in [7, 11) is 0. The Morgan fingerprint density at radius 2 is 2.15 bits per heavy atom. The zero-order chi connectivity index (χ0) is 14.1. The van der Waals surface area contributed by atoms with Crippen LogP contribution in [-0.4, -0.2) is 32.0 Å². The van der Waals surface area contributed by atoms with E-state index in [1.54, 1.807) is 12.1 Å². The van der Waals surface area contributed by atoms with Gasteiger partial charge in [-0.05, 0) is 19.4 Å². The van der Waals surface area contributed by atoms with Crippen LogP contribution < -0.4 is 20.5 Å². The number of benzene rings is 1. The van der Waals surface area contributed by atoms with E-state index in [0.717, 1.165) is 13.0 Å². The van der Waals surface area contributed by atoms with Gasteiger partial charge in [0, 0.05) is 30.3 Å². The van der Waals surface area contributed by atoms with Crippen molar-refractivity contribution in [3.05, 3.63) is 17.7 Å². The third kappa shape index (κ3) is 2.38. The minimum Gasteiger partial charge on any atom is -0.454 e. The molecule has 6 nitrogen and oxygen atoms in total. The fourth-order valence-electron chi connectivity index (χ4n) is 2.50. The SMILES string of the molecule is CC(NC(=O)c1cc2c(cc1N)OCO2)C1CCOC1. The van der Waals surface area contributed by atoms with Gasteiger partial charge in [-0.2, -0.15) is 0 Å². The van der Waals surface area contributed by atoms with Crippen molar-refractivity contribution in [2.24, 2.45) is 5.92 Å². The average Bonchev–Trinajstić information content (AvgIpc) is 3.08. The summed E-state index contributed by atoms with van der Waals surface area (Å²) in [5.41, 5.74) is 6.71. The number of ether oxygens (including phenoxy) is 3. The molecule has 2 aliphatic rings. The average molecular weight is 278 g/mol. The van der Waals surface area contributed by atoms with Crippen LogP contribution in [0.5, 0.6) is 11.5 Å². The zero-order valence-corrected chi connectivity index (χ0v) is 11.3. The van der Waals surface area contributed by atoms with Crippen LogP contribution in [0.1, 0.15) is 23.7 Å². The molecule has 0 spiro atoms. The smallest absolute Gasteiger partial charge is 0.253 e. The van der Waals surface area contributed by atoms with Crippen LogP contribution in [0.15, 0.2) is 12.1 Å². The minimum absolute atomic E-state index is 0.0508. The third-order valence-electron chi connectivity index (χ3n) is 3.82. The van der Waals surface area contributed by atoms with Crippen molar-refractivity contribution < 1.29 is 19.0 Å². The number of nitrogen functional groups attached to an aromatic ring is 1. The number of nitrogens with one attached hydrogen (secondary N) is 1. The maximum absolute atomic E-state index is 12.3. The van der Waals surface area contributed by atoms with Crippen molar-refractivity contribution in [1.29, 1.82) is 0 Å². The number of nitrogens with two attached hydrogens (primary N) is 1. The molecular formula is C14H18N2O4. The molecule has 2 heterocycles. The molecule has 6 heteroatoms. The lowest BCUT2D eigenvalue weighted by atomic mass is 10.00. The summed E-state index contributed by atoms with van der Waals surface area (Å²) < 4.78 is 15.8. The number of rotatable bonds is 3. The van der Waals surface area contributed by atoms with Crippen LogP contribution in [0, 0.1) is 5.92 Å². The van der Waals surface area contributed by atoms with Gasteiger partial charge in [-0.1, -0.05) is 0 Å². The van der Waals surface area contributed by atoms with E-state index in [2.05, 4.69) is 5.32 Å². The molecule has 2 atom stereocenters. The van der Waals surface area contributed by atoms with E-state index >= 15 is 0 Å². The molecule has 0 saturated carbocycles. The second-order valence-electron chi connectivity index (χ2n) is 5.18. The molecular weight excluding hydrogens is 260 g/mol. The van der Waals surface area contributed by atoms with E-state index in [0.29, 0.717) is 35.3 Å². The zero-order valence-electron chi connectivity index (χ0n) is 11.3. The Kier molecular flexibility index (Phi) is 3.40. The van der Waals surface area contributed by atoms with E-state index in [4.69, 9.17) is 19.9 Å². The quantitative estimate of drug-likeness (QED) is 0.810. The first-order valence-corrected chi connectivity index (χ1v) is 6.73. The first kappa shape index (κ1) is 13.1. The second-order valence-corrected chi connectivity index (χ2v) is 5.18. The summed E-state index contributed by atoms with van der Waals surface area (Å²) in [4.78, 5) is 12.3. The summed E-state index contributed by atoms with van der Waals surface area (Å²) in [6, 6.07) is 3.31. The molecule has 1 amide bonds. The Bertz CT molecular complexity index is 526. The molecule has 1 fully saturated rings. The summed E-state index contributed by atoms with van der Waals surface area (Å²) in [6.07, 6.45) is 0.970. The normalized spacial score (nSPS) is 21.8. The minimum atomic E-state index is -0.194. The molecule has 0 bridgehead atoms. The second kappa shape index (κ2) is 5.20. The molecule has 2 aliphatic heterocycles. The van der Waals surface area contributed by atoms with Gasteiger partial charge in [0.1, 0.15) is 0 Å². The molecule has 0 aromatic heterocycles. The van der Waals surface area contributed by atoms with E-state index < -0.39 is 0 Å². The van der Waals surface area contributed by atoms with Crippen molar-refractivity contribution >= 4 is 11.6 Å². The predicted molar refractivity (Wildman–Crippen MR) is 72.8 cm³/mol. The van der Waals surface area contributed by atoms with Crippen molar-refractivity contribution in [2.45, 2.75) is 19.4 Å². The maximum Gasteiger partial charge on any atom is 0.253 e. The van der Waals surface area contributed by atoms with E-state index in [1.165, 1.54) is 0 Å². The largest absolute Gasteiger partial charge is 0.454 e. The van der Waals surface area contributed by atoms with E-state index in [9.17, 15) is 4.79 Å². The predicted octanol–water partition coefficient (Wildman–Crippen LogP) is 1.15. The molecule has 1 saturated heterocycles. The van der Waals surface area contributed by atoms with Gasteiger partial charge >= 0.3 is 0 Å². The Labute approximate surface area is 117 Å². The summed E-state index contributed by atoms with van der Waals surface area (Å²) in [6.45, 7) is 3.60. The molecule has 108 valence electrons. The van der Waals surface area contributed by atoms with Gasteiger partial charge in [-0.15, -0.1) is 0 Å². The number of amides is 1. The first-order valence-electron chi connectivity index (χ1n) is 6.73. The first-order chi connectivity index (χ1) is 9.65. The summed E-state index contributed by atoms with van der Waals surface area (Å²) in [5.74, 6) is 1.30. The Balaban J connectivity index is 1.73. The van der Waals surface area contributed by atoms with Gasteiger partial charge in [0.05, 0.1) is 12.2 Å². The fraction of sp³-hybridized carbons (Fsp3) is 0.500. The maximum atomic E-state index is 12.3. The number of anilines is 1. The lowest BCUT2D eigenvalue weighted by Gasteiger charge is -2.19. The highest BCUT2D eigenvalue weighted by Gasteiger charge is 2.25. The third-order valence-corrected chi connectivity index (χ3v) is 3.82.